The predicted molar refractivity (Wildman–Crippen MR) is 140 cm³/mol. The van der Waals surface area contributed by atoms with Crippen LogP contribution in [-0.4, -0.2) is 46.4 Å². The second kappa shape index (κ2) is 10.1. The zero-order valence-corrected chi connectivity index (χ0v) is 20.8. The van der Waals surface area contributed by atoms with Gasteiger partial charge in [0.05, 0.1) is 0 Å². The lowest BCUT2D eigenvalue weighted by atomic mass is 9.88. The molecule has 2 aliphatic heterocycles. The smallest absolute Gasteiger partial charge is 0.226 e. The fourth-order valence-electron chi connectivity index (χ4n) is 6.57. The molecule has 186 valence electrons. The van der Waals surface area contributed by atoms with E-state index in [1.54, 1.807) is 12.1 Å². The molecule has 3 heterocycles. The number of fused-ring (bicyclic) bond motifs is 1. The van der Waals surface area contributed by atoms with Crippen molar-refractivity contribution in [2.45, 2.75) is 57.0 Å². The standard InChI is InChI=1S/C31H34FN3O/c32-29-6-3-22(4-7-29)25-11-16-34(17-12-25)30-8-5-27(20-30)31(36)35-18-13-23-1-2-26(19-28(23)21-35)24-9-14-33-15-10-24/h1-4,6-7,9-10,14-15,19,25,27,30H,5,8,11-13,16-18,20-21H2/t27-,30?/m0/s1. The van der Waals surface area contributed by atoms with Crippen molar-refractivity contribution in [1.82, 2.24) is 14.8 Å². The zero-order chi connectivity index (χ0) is 24.5. The van der Waals surface area contributed by atoms with Gasteiger partial charge < -0.3 is 9.80 Å². The van der Waals surface area contributed by atoms with Crippen LogP contribution in [-0.2, 0) is 17.8 Å². The predicted octanol–water partition coefficient (Wildman–Crippen LogP) is 5.82. The van der Waals surface area contributed by atoms with Gasteiger partial charge in [0, 0.05) is 37.4 Å². The number of rotatable bonds is 4. The van der Waals surface area contributed by atoms with Crippen LogP contribution in [0.5, 0.6) is 0 Å². The van der Waals surface area contributed by atoms with Crippen LogP contribution in [0.25, 0.3) is 11.1 Å². The van der Waals surface area contributed by atoms with E-state index in [9.17, 15) is 9.18 Å². The van der Waals surface area contributed by atoms with Crippen molar-refractivity contribution >= 4 is 5.91 Å². The van der Waals surface area contributed by atoms with Gasteiger partial charge in [-0.1, -0.05) is 24.3 Å². The molecule has 2 fully saturated rings. The number of hydrogen-bond acceptors (Lipinski definition) is 3. The first-order valence-electron chi connectivity index (χ1n) is 13.4. The second-order valence-electron chi connectivity index (χ2n) is 10.8. The molecule has 0 bridgehead atoms. The molecule has 1 aromatic heterocycles. The number of hydrogen-bond donors (Lipinski definition) is 0. The highest BCUT2D eigenvalue weighted by Crippen LogP contribution is 2.36. The molecular weight excluding hydrogens is 449 g/mol. The molecule has 0 N–H and O–H groups in total. The van der Waals surface area contributed by atoms with Gasteiger partial charge in [-0.25, -0.2) is 4.39 Å². The van der Waals surface area contributed by atoms with Gasteiger partial charge in [0.25, 0.3) is 0 Å². The van der Waals surface area contributed by atoms with E-state index in [0.29, 0.717) is 17.9 Å². The molecule has 1 amide bonds. The van der Waals surface area contributed by atoms with Crippen LogP contribution < -0.4 is 0 Å². The summed E-state index contributed by atoms with van der Waals surface area (Å²) in [5, 5.41) is 0. The van der Waals surface area contributed by atoms with Crippen LogP contribution in [0.4, 0.5) is 4.39 Å². The summed E-state index contributed by atoms with van der Waals surface area (Å²) in [5.41, 5.74) is 6.26. The van der Waals surface area contributed by atoms with Crippen molar-refractivity contribution in [2.24, 2.45) is 5.92 Å². The summed E-state index contributed by atoms with van der Waals surface area (Å²) in [5.74, 6) is 0.851. The van der Waals surface area contributed by atoms with Crippen LogP contribution in [0.3, 0.4) is 0 Å². The molecule has 4 nitrogen and oxygen atoms in total. The average molecular weight is 484 g/mol. The number of benzene rings is 2. The van der Waals surface area contributed by atoms with E-state index in [4.69, 9.17) is 0 Å². The van der Waals surface area contributed by atoms with E-state index < -0.39 is 0 Å². The molecule has 6 rings (SSSR count). The summed E-state index contributed by atoms with van der Waals surface area (Å²) >= 11 is 0. The number of carbonyl (C=O) groups excluding carboxylic acids is 1. The highest BCUT2D eigenvalue weighted by molar-refractivity contribution is 5.79. The molecule has 1 aliphatic carbocycles. The van der Waals surface area contributed by atoms with Crippen LogP contribution in [0, 0.1) is 11.7 Å². The number of piperidine rings is 1. The Morgan fingerprint density at radius 1 is 0.833 bits per heavy atom. The van der Waals surface area contributed by atoms with Crippen molar-refractivity contribution in [3.05, 3.63) is 89.5 Å². The van der Waals surface area contributed by atoms with Gasteiger partial charge in [0.1, 0.15) is 5.82 Å². The summed E-state index contributed by atoms with van der Waals surface area (Å²) < 4.78 is 13.3. The maximum Gasteiger partial charge on any atom is 0.226 e. The highest BCUT2D eigenvalue weighted by atomic mass is 19.1. The Morgan fingerprint density at radius 3 is 2.39 bits per heavy atom. The van der Waals surface area contributed by atoms with Crippen LogP contribution in [0.1, 0.15) is 54.7 Å². The van der Waals surface area contributed by atoms with E-state index in [0.717, 1.165) is 70.3 Å². The number of halogens is 1. The monoisotopic (exact) mass is 483 g/mol. The summed E-state index contributed by atoms with van der Waals surface area (Å²) in [6.45, 7) is 3.69. The van der Waals surface area contributed by atoms with Gasteiger partial charge in [-0.2, -0.15) is 0 Å². The summed E-state index contributed by atoms with van der Waals surface area (Å²) in [6.07, 6.45) is 9.92. The number of nitrogens with zero attached hydrogens (tertiary/aromatic N) is 3. The first kappa shape index (κ1) is 23.4. The van der Waals surface area contributed by atoms with Gasteiger partial charge in [0.2, 0.25) is 5.91 Å². The van der Waals surface area contributed by atoms with Gasteiger partial charge in [-0.15, -0.1) is 0 Å². The number of pyridine rings is 1. The second-order valence-corrected chi connectivity index (χ2v) is 10.8. The Hall–Kier alpha value is -3.05. The Balaban J connectivity index is 1.05. The van der Waals surface area contributed by atoms with Crippen molar-refractivity contribution in [3.8, 4) is 11.1 Å². The molecule has 36 heavy (non-hydrogen) atoms. The lowest BCUT2D eigenvalue weighted by Crippen LogP contribution is -2.41. The summed E-state index contributed by atoms with van der Waals surface area (Å²) in [4.78, 5) is 22.4. The molecular formula is C31H34FN3O. The third-order valence-electron chi connectivity index (χ3n) is 8.69. The van der Waals surface area contributed by atoms with Crippen molar-refractivity contribution < 1.29 is 9.18 Å². The molecule has 1 saturated carbocycles. The Kier molecular flexibility index (Phi) is 6.58. The van der Waals surface area contributed by atoms with Crippen LogP contribution in [0.15, 0.2) is 67.0 Å². The van der Waals surface area contributed by atoms with E-state index >= 15 is 0 Å². The largest absolute Gasteiger partial charge is 0.338 e. The Labute approximate surface area is 213 Å². The van der Waals surface area contributed by atoms with Gasteiger partial charge in [-0.05, 0) is 116 Å². The van der Waals surface area contributed by atoms with E-state index in [1.165, 1.54) is 22.3 Å². The SMILES string of the molecule is O=C([C@H]1CCC(N2CCC(c3ccc(F)cc3)CC2)C1)N1CCc2ccc(-c3ccncc3)cc2C1. The molecule has 2 aromatic carbocycles. The third-order valence-corrected chi connectivity index (χ3v) is 8.69. The average Bonchev–Trinajstić information content (AvgIpc) is 3.43. The van der Waals surface area contributed by atoms with Crippen LogP contribution >= 0.6 is 0 Å². The molecule has 0 radical (unpaired) electrons. The molecule has 5 heteroatoms. The normalized spacial score (nSPS) is 23.0. The fraction of sp³-hybridized carbons (Fsp3) is 0.419. The first-order chi connectivity index (χ1) is 17.6. The van der Waals surface area contributed by atoms with Gasteiger partial charge in [-0.3, -0.25) is 9.78 Å². The maximum absolute atomic E-state index is 13.5. The third kappa shape index (κ3) is 4.81. The first-order valence-corrected chi connectivity index (χ1v) is 13.4. The summed E-state index contributed by atoms with van der Waals surface area (Å²) in [7, 11) is 0. The van der Waals surface area contributed by atoms with Crippen molar-refractivity contribution in [3.63, 3.8) is 0 Å². The maximum atomic E-state index is 13.5. The lowest BCUT2D eigenvalue weighted by molar-refractivity contribution is -0.136. The molecule has 3 aliphatic rings. The van der Waals surface area contributed by atoms with Crippen LogP contribution in [0.2, 0.25) is 0 Å². The highest BCUT2D eigenvalue weighted by Gasteiger charge is 2.37. The van der Waals surface area contributed by atoms with E-state index in [-0.39, 0.29) is 11.7 Å². The Bertz CT molecular complexity index is 1200. The molecule has 0 spiro atoms. The number of amides is 1. The minimum atomic E-state index is -0.163. The minimum absolute atomic E-state index is 0.148. The summed E-state index contributed by atoms with van der Waals surface area (Å²) in [6, 6.07) is 18.3. The van der Waals surface area contributed by atoms with Gasteiger partial charge >= 0.3 is 0 Å². The fourth-order valence-corrected chi connectivity index (χ4v) is 6.57. The van der Waals surface area contributed by atoms with Gasteiger partial charge in [0.15, 0.2) is 0 Å². The topological polar surface area (TPSA) is 36.4 Å². The molecule has 1 unspecified atom stereocenters. The Morgan fingerprint density at radius 2 is 1.61 bits per heavy atom. The van der Waals surface area contributed by atoms with Crippen molar-refractivity contribution in [1.29, 1.82) is 0 Å². The minimum Gasteiger partial charge on any atom is -0.338 e. The number of likely N-dealkylation sites (tertiary alicyclic amines) is 1. The number of carbonyl (C=O) groups is 1. The quantitative estimate of drug-likeness (QED) is 0.469. The molecule has 2 atom stereocenters. The zero-order valence-electron chi connectivity index (χ0n) is 20.8. The molecule has 1 saturated heterocycles. The lowest BCUT2D eigenvalue weighted by Gasteiger charge is -2.36. The van der Waals surface area contributed by atoms with E-state index in [1.807, 2.05) is 36.7 Å². The van der Waals surface area contributed by atoms with Crippen molar-refractivity contribution in [2.75, 3.05) is 19.6 Å². The molecule has 3 aromatic rings. The van der Waals surface area contributed by atoms with E-state index in [2.05, 4.69) is 33.0 Å². The number of aromatic nitrogens is 1.